The van der Waals surface area contributed by atoms with Gasteiger partial charge in [0.2, 0.25) is 0 Å². The fraction of sp³-hybridized carbons (Fsp3) is 0.0345. The van der Waals surface area contributed by atoms with E-state index in [1.54, 1.807) is 36.4 Å². The second kappa shape index (κ2) is 12.5. The molecule has 0 fully saturated rings. The molecule has 4 aromatic carbocycles. The van der Waals surface area contributed by atoms with Crippen LogP contribution in [0.5, 0.6) is 5.75 Å². The van der Waals surface area contributed by atoms with E-state index in [4.69, 9.17) is 4.74 Å². The van der Waals surface area contributed by atoms with E-state index in [1.807, 2.05) is 30.3 Å². The minimum atomic E-state index is -0.545. The van der Waals surface area contributed by atoms with E-state index in [-0.39, 0.29) is 17.7 Å². The van der Waals surface area contributed by atoms with Crippen LogP contribution in [0.25, 0.3) is 0 Å². The summed E-state index contributed by atoms with van der Waals surface area (Å²) in [4.78, 5) is 47.4. The summed E-state index contributed by atoms with van der Waals surface area (Å²) in [5, 5.41) is 17.4. The number of esters is 1. The third kappa shape index (κ3) is 7.43. The number of benzene rings is 4. The van der Waals surface area contributed by atoms with Crippen molar-refractivity contribution in [1.29, 1.82) is 0 Å². The Morgan fingerprint density at radius 1 is 0.795 bits per heavy atom. The second-order valence-electron chi connectivity index (χ2n) is 8.21. The van der Waals surface area contributed by atoms with Gasteiger partial charge in [-0.2, -0.15) is 5.10 Å². The number of para-hydroxylation sites is 1. The molecule has 2 N–H and O–H groups in total. The van der Waals surface area contributed by atoms with E-state index in [9.17, 15) is 24.5 Å². The predicted molar refractivity (Wildman–Crippen MR) is 145 cm³/mol. The molecule has 194 valence electrons. The zero-order valence-electron chi connectivity index (χ0n) is 20.4. The molecule has 0 aliphatic rings. The van der Waals surface area contributed by atoms with Gasteiger partial charge in [-0.1, -0.05) is 42.5 Å². The van der Waals surface area contributed by atoms with Gasteiger partial charge in [0.25, 0.3) is 17.5 Å². The SMILES string of the molecule is O=C(Cc1ccccc1)Oc1ccccc1/C=N\NC(=O)c1ccc(NC(=O)c2ccc([N+](=O)[O-])cc2)cc1. The molecule has 0 aromatic heterocycles. The molecule has 0 saturated heterocycles. The van der Waals surface area contributed by atoms with E-state index < -0.39 is 22.7 Å². The summed E-state index contributed by atoms with van der Waals surface area (Å²) < 4.78 is 5.48. The molecule has 0 atom stereocenters. The molecule has 0 heterocycles. The molecular formula is C29H22N4O6. The van der Waals surface area contributed by atoms with Crippen LogP contribution in [0.3, 0.4) is 0 Å². The Morgan fingerprint density at radius 2 is 1.41 bits per heavy atom. The molecule has 0 spiro atoms. The summed E-state index contributed by atoms with van der Waals surface area (Å²) in [7, 11) is 0. The number of carbonyl (C=O) groups is 3. The fourth-order valence-corrected chi connectivity index (χ4v) is 3.47. The smallest absolute Gasteiger partial charge is 0.315 e. The number of nitro benzene ring substituents is 1. The number of hydrazone groups is 1. The first-order valence-corrected chi connectivity index (χ1v) is 11.7. The number of nitro groups is 1. The van der Waals surface area contributed by atoms with Gasteiger partial charge in [-0.3, -0.25) is 24.5 Å². The highest BCUT2D eigenvalue weighted by Gasteiger charge is 2.12. The van der Waals surface area contributed by atoms with Crippen molar-refractivity contribution in [3.05, 3.63) is 135 Å². The number of nitrogens with one attached hydrogen (secondary N) is 2. The van der Waals surface area contributed by atoms with Crippen molar-refractivity contribution in [3.8, 4) is 5.75 Å². The maximum atomic E-state index is 12.5. The van der Waals surface area contributed by atoms with E-state index in [1.165, 1.54) is 42.6 Å². The van der Waals surface area contributed by atoms with Crippen LogP contribution < -0.4 is 15.5 Å². The fourth-order valence-electron chi connectivity index (χ4n) is 3.47. The molecule has 4 aromatic rings. The third-order valence-corrected chi connectivity index (χ3v) is 5.45. The molecule has 10 nitrogen and oxygen atoms in total. The number of non-ortho nitro benzene ring substituents is 1. The van der Waals surface area contributed by atoms with Gasteiger partial charge in [-0.25, -0.2) is 5.43 Å². The van der Waals surface area contributed by atoms with Crippen LogP contribution in [0, 0.1) is 10.1 Å². The van der Waals surface area contributed by atoms with E-state index in [2.05, 4.69) is 15.8 Å². The standard InChI is InChI=1S/C29H22N4O6/c34-27(18-20-6-2-1-3-7-20)39-26-9-5-4-8-23(26)19-30-32-29(36)22-10-14-24(15-11-22)31-28(35)21-12-16-25(17-13-21)33(37)38/h1-17,19H,18H2,(H,31,35)(H,32,36)/b30-19-. The average Bonchev–Trinajstić information content (AvgIpc) is 2.95. The minimum Gasteiger partial charge on any atom is -0.426 e. The Labute approximate surface area is 223 Å². The summed E-state index contributed by atoms with van der Waals surface area (Å²) in [5.41, 5.74) is 4.62. The molecule has 10 heteroatoms. The average molecular weight is 523 g/mol. The first kappa shape index (κ1) is 26.4. The number of nitrogens with zero attached hydrogens (tertiary/aromatic N) is 2. The van der Waals surface area contributed by atoms with Crippen LogP contribution in [0.1, 0.15) is 31.8 Å². The number of carbonyl (C=O) groups excluding carboxylic acids is 3. The van der Waals surface area contributed by atoms with E-state index in [0.29, 0.717) is 22.6 Å². The molecule has 0 bridgehead atoms. The molecule has 39 heavy (non-hydrogen) atoms. The minimum absolute atomic E-state index is 0.114. The van der Waals surface area contributed by atoms with Crippen LogP contribution >= 0.6 is 0 Å². The Hall–Kier alpha value is -5.64. The lowest BCUT2D eigenvalue weighted by Gasteiger charge is -2.08. The third-order valence-electron chi connectivity index (χ3n) is 5.45. The van der Waals surface area contributed by atoms with Crippen molar-refractivity contribution in [1.82, 2.24) is 5.43 Å². The monoisotopic (exact) mass is 522 g/mol. The molecule has 0 unspecified atom stereocenters. The van der Waals surface area contributed by atoms with Crippen LogP contribution in [0.4, 0.5) is 11.4 Å². The lowest BCUT2D eigenvalue weighted by molar-refractivity contribution is -0.384. The van der Waals surface area contributed by atoms with Gasteiger partial charge in [0, 0.05) is 34.5 Å². The van der Waals surface area contributed by atoms with Gasteiger partial charge in [0.05, 0.1) is 17.6 Å². The van der Waals surface area contributed by atoms with Crippen molar-refractivity contribution in [2.24, 2.45) is 5.10 Å². The van der Waals surface area contributed by atoms with Gasteiger partial charge in [-0.15, -0.1) is 0 Å². The number of hydrogen-bond donors (Lipinski definition) is 2. The lowest BCUT2D eigenvalue weighted by atomic mass is 10.1. The second-order valence-corrected chi connectivity index (χ2v) is 8.21. The summed E-state index contributed by atoms with van der Waals surface area (Å²) in [6.45, 7) is 0. The van der Waals surface area contributed by atoms with Gasteiger partial charge >= 0.3 is 5.97 Å². The van der Waals surface area contributed by atoms with Crippen LogP contribution in [-0.2, 0) is 11.2 Å². The quantitative estimate of drug-likeness (QED) is 0.107. The molecule has 4 rings (SSSR count). The van der Waals surface area contributed by atoms with Crippen molar-refractivity contribution in [2.45, 2.75) is 6.42 Å². The van der Waals surface area contributed by atoms with E-state index >= 15 is 0 Å². The highest BCUT2D eigenvalue weighted by atomic mass is 16.6. The zero-order valence-corrected chi connectivity index (χ0v) is 20.4. The summed E-state index contributed by atoms with van der Waals surface area (Å²) in [6, 6.07) is 27.4. The van der Waals surface area contributed by atoms with Gasteiger partial charge in [0.15, 0.2) is 0 Å². The Kier molecular flexibility index (Phi) is 8.50. The molecule has 0 radical (unpaired) electrons. The molecule has 0 aliphatic carbocycles. The van der Waals surface area contributed by atoms with Gasteiger partial charge in [-0.05, 0) is 54.1 Å². The highest BCUT2D eigenvalue weighted by Crippen LogP contribution is 2.18. The van der Waals surface area contributed by atoms with Crippen LogP contribution in [0.2, 0.25) is 0 Å². The summed E-state index contributed by atoms with van der Waals surface area (Å²) in [5.74, 6) is -1.05. The number of rotatable bonds is 9. The predicted octanol–water partition coefficient (Wildman–Crippen LogP) is 4.76. The topological polar surface area (TPSA) is 140 Å². The summed E-state index contributed by atoms with van der Waals surface area (Å²) in [6.07, 6.45) is 1.50. The first-order chi connectivity index (χ1) is 18.9. The van der Waals surface area contributed by atoms with Crippen molar-refractivity contribution in [2.75, 3.05) is 5.32 Å². The number of ether oxygens (including phenoxy) is 1. The largest absolute Gasteiger partial charge is 0.426 e. The van der Waals surface area contributed by atoms with E-state index in [0.717, 1.165) is 5.56 Å². The molecule has 0 aliphatic heterocycles. The maximum absolute atomic E-state index is 12.5. The molecule has 0 saturated carbocycles. The van der Waals surface area contributed by atoms with Crippen LogP contribution in [0.15, 0.2) is 108 Å². The van der Waals surface area contributed by atoms with Gasteiger partial charge in [0.1, 0.15) is 5.75 Å². The number of amides is 2. The van der Waals surface area contributed by atoms with Crippen LogP contribution in [-0.4, -0.2) is 28.9 Å². The summed E-state index contributed by atoms with van der Waals surface area (Å²) >= 11 is 0. The lowest BCUT2D eigenvalue weighted by Crippen LogP contribution is -2.18. The Balaban J connectivity index is 1.32. The zero-order chi connectivity index (χ0) is 27.6. The highest BCUT2D eigenvalue weighted by molar-refractivity contribution is 6.04. The Bertz CT molecular complexity index is 1520. The van der Waals surface area contributed by atoms with Crippen molar-refractivity contribution < 1.29 is 24.0 Å². The van der Waals surface area contributed by atoms with Gasteiger partial charge < -0.3 is 10.1 Å². The maximum Gasteiger partial charge on any atom is 0.315 e. The number of anilines is 1. The Morgan fingerprint density at radius 3 is 2.10 bits per heavy atom. The molecular weight excluding hydrogens is 500 g/mol. The van der Waals surface area contributed by atoms with Crippen molar-refractivity contribution in [3.63, 3.8) is 0 Å². The van der Waals surface area contributed by atoms with Crippen molar-refractivity contribution >= 4 is 35.4 Å². The molecule has 2 amide bonds. The number of hydrogen-bond acceptors (Lipinski definition) is 7. The first-order valence-electron chi connectivity index (χ1n) is 11.7. The normalized spacial score (nSPS) is 10.6.